The summed E-state index contributed by atoms with van der Waals surface area (Å²) in [7, 11) is 2.08. The van der Waals surface area contributed by atoms with E-state index in [1.54, 1.807) is 6.20 Å². The first kappa shape index (κ1) is 15.7. The van der Waals surface area contributed by atoms with Gasteiger partial charge in [0.15, 0.2) is 0 Å². The number of halogens is 1. The molecule has 2 unspecified atom stereocenters. The fourth-order valence-corrected chi connectivity index (χ4v) is 4.42. The van der Waals surface area contributed by atoms with Crippen molar-refractivity contribution < 1.29 is 9.50 Å². The summed E-state index contributed by atoms with van der Waals surface area (Å²) >= 11 is 0. The molecule has 0 saturated carbocycles. The van der Waals surface area contributed by atoms with Crippen LogP contribution in [0, 0.1) is 11.7 Å². The van der Waals surface area contributed by atoms with Crippen molar-refractivity contribution in [2.45, 2.75) is 31.3 Å². The van der Waals surface area contributed by atoms with Gasteiger partial charge in [0.05, 0.1) is 5.69 Å². The summed E-state index contributed by atoms with van der Waals surface area (Å²) in [5.41, 5.74) is 2.31. The lowest BCUT2D eigenvalue weighted by Crippen LogP contribution is -2.46. The Bertz CT molecular complexity index is 763. The van der Waals surface area contributed by atoms with Crippen molar-refractivity contribution in [2.24, 2.45) is 5.92 Å². The third kappa shape index (κ3) is 2.45. The van der Waals surface area contributed by atoms with Crippen molar-refractivity contribution in [2.75, 3.05) is 20.1 Å². The van der Waals surface area contributed by atoms with Gasteiger partial charge in [-0.1, -0.05) is 12.1 Å². The molecule has 1 saturated heterocycles. The van der Waals surface area contributed by atoms with Gasteiger partial charge in [0, 0.05) is 18.7 Å². The van der Waals surface area contributed by atoms with E-state index in [2.05, 4.69) is 16.9 Å². The molecule has 1 N–H and O–H groups in total. The van der Waals surface area contributed by atoms with Crippen molar-refractivity contribution in [3.05, 3.63) is 64.7 Å². The highest BCUT2D eigenvalue weighted by atomic mass is 19.1. The molecule has 0 spiro atoms. The molecule has 1 aromatic carbocycles. The number of piperidine rings is 1. The lowest BCUT2D eigenvalue weighted by atomic mass is 9.73. The largest absolute Gasteiger partial charge is 0.378 e. The van der Waals surface area contributed by atoms with Crippen LogP contribution in [0.25, 0.3) is 0 Å². The smallest absolute Gasteiger partial charge is 0.136 e. The molecule has 24 heavy (non-hydrogen) atoms. The Kier molecular flexibility index (Phi) is 3.89. The van der Waals surface area contributed by atoms with Gasteiger partial charge in [-0.15, -0.1) is 0 Å². The first-order chi connectivity index (χ1) is 11.6. The maximum atomic E-state index is 14.0. The van der Waals surface area contributed by atoms with Gasteiger partial charge >= 0.3 is 0 Å². The first-order valence-electron chi connectivity index (χ1n) is 8.73. The molecule has 1 aliphatic heterocycles. The summed E-state index contributed by atoms with van der Waals surface area (Å²) in [4.78, 5) is 6.82. The number of aliphatic hydroxyl groups is 1. The molecule has 4 rings (SSSR count). The minimum Gasteiger partial charge on any atom is -0.378 e. The highest BCUT2D eigenvalue weighted by molar-refractivity contribution is 5.45. The average molecular weight is 326 g/mol. The van der Waals surface area contributed by atoms with Gasteiger partial charge in [-0.3, -0.25) is 4.98 Å². The fourth-order valence-electron chi connectivity index (χ4n) is 4.42. The number of nitrogens with zero attached hydrogens (tertiary/aromatic N) is 2. The second kappa shape index (κ2) is 5.94. The topological polar surface area (TPSA) is 36.4 Å². The van der Waals surface area contributed by atoms with E-state index in [-0.39, 0.29) is 11.7 Å². The van der Waals surface area contributed by atoms with Gasteiger partial charge in [-0.2, -0.15) is 0 Å². The van der Waals surface area contributed by atoms with Crippen LogP contribution in [0.15, 0.2) is 36.5 Å². The van der Waals surface area contributed by atoms with E-state index in [1.165, 1.54) is 12.1 Å². The summed E-state index contributed by atoms with van der Waals surface area (Å²) in [6, 6.07) is 8.81. The van der Waals surface area contributed by atoms with Crippen molar-refractivity contribution in [3.8, 4) is 0 Å². The van der Waals surface area contributed by atoms with Gasteiger partial charge in [-0.25, -0.2) is 4.39 Å². The molecule has 4 heteroatoms. The molecule has 126 valence electrons. The molecular formula is C20H23FN2O. The van der Waals surface area contributed by atoms with Crippen LogP contribution in [0.3, 0.4) is 0 Å². The van der Waals surface area contributed by atoms with Gasteiger partial charge in [0.1, 0.15) is 11.4 Å². The normalized spacial score (nSPS) is 27.2. The number of aryl methyl sites for hydroxylation is 2. The molecule has 1 fully saturated rings. The zero-order valence-electron chi connectivity index (χ0n) is 14.0. The molecule has 2 aromatic rings. The van der Waals surface area contributed by atoms with Crippen LogP contribution in [0.2, 0.25) is 0 Å². The van der Waals surface area contributed by atoms with E-state index in [0.717, 1.165) is 55.6 Å². The molecule has 0 radical (unpaired) electrons. The van der Waals surface area contributed by atoms with Crippen LogP contribution in [-0.2, 0) is 18.4 Å². The van der Waals surface area contributed by atoms with Crippen molar-refractivity contribution in [3.63, 3.8) is 0 Å². The van der Waals surface area contributed by atoms with E-state index in [4.69, 9.17) is 0 Å². The zero-order valence-corrected chi connectivity index (χ0v) is 14.0. The van der Waals surface area contributed by atoms with Crippen LogP contribution in [0.5, 0.6) is 0 Å². The minimum atomic E-state index is -1.22. The van der Waals surface area contributed by atoms with Crippen LogP contribution in [0.4, 0.5) is 4.39 Å². The van der Waals surface area contributed by atoms with E-state index in [1.807, 2.05) is 18.2 Å². The Morgan fingerprint density at radius 2 is 2.08 bits per heavy atom. The number of hydrogen-bond acceptors (Lipinski definition) is 3. The molecule has 1 aromatic heterocycles. The van der Waals surface area contributed by atoms with Crippen LogP contribution in [0.1, 0.15) is 35.2 Å². The third-order valence-corrected chi connectivity index (χ3v) is 5.61. The van der Waals surface area contributed by atoms with Crippen LogP contribution in [-0.4, -0.2) is 35.1 Å². The highest BCUT2D eigenvalue weighted by Crippen LogP contribution is 2.44. The first-order valence-corrected chi connectivity index (χ1v) is 8.73. The summed E-state index contributed by atoms with van der Waals surface area (Å²) in [5.74, 6) is -0.278. The Labute approximate surface area is 142 Å². The quantitative estimate of drug-likeness (QED) is 0.875. The SMILES string of the molecule is CN1CCCC(C2(O)c3cc(F)ccc3CCc3cccnc32)C1. The lowest BCUT2D eigenvalue weighted by Gasteiger charge is -2.42. The van der Waals surface area contributed by atoms with Crippen LogP contribution < -0.4 is 0 Å². The van der Waals surface area contributed by atoms with Crippen molar-refractivity contribution in [1.82, 2.24) is 9.88 Å². The molecule has 2 aliphatic rings. The predicted octanol–water partition coefficient (Wildman–Crippen LogP) is 2.90. The van der Waals surface area contributed by atoms with Crippen molar-refractivity contribution >= 4 is 0 Å². The molecule has 2 heterocycles. The van der Waals surface area contributed by atoms with E-state index in [9.17, 15) is 9.50 Å². The Hall–Kier alpha value is -1.78. The van der Waals surface area contributed by atoms with Gasteiger partial charge in [0.25, 0.3) is 0 Å². The van der Waals surface area contributed by atoms with Gasteiger partial charge < -0.3 is 10.0 Å². The number of benzene rings is 1. The van der Waals surface area contributed by atoms with Crippen molar-refractivity contribution in [1.29, 1.82) is 0 Å². The molecule has 2 atom stereocenters. The second-order valence-corrected chi connectivity index (χ2v) is 7.18. The number of hydrogen-bond donors (Lipinski definition) is 1. The molecule has 3 nitrogen and oxygen atoms in total. The number of rotatable bonds is 1. The second-order valence-electron chi connectivity index (χ2n) is 7.18. The number of pyridine rings is 1. The molecule has 1 aliphatic carbocycles. The Morgan fingerprint density at radius 1 is 1.25 bits per heavy atom. The predicted molar refractivity (Wildman–Crippen MR) is 91.3 cm³/mol. The van der Waals surface area contributed by atoms with Crippen LogP contribution >= 0.6 is 0 Å². The maximum absolute atomic E-state index is 14.0. The van der Waals surface area contributed by atoms with Gasteiger partial charge in [0.2, 0.25) is 0 Å². The summed E-state index contributed by atoms with van der Waals surface area (Å²) < 4.78 is 14.0. The number of fused-ring (bicyclic) bond motifs is 2. The maximum Gasteiger partial charge on any atom is 0.136 e. The zero-order chi connectivity index (χ0) is 16.7. The van der Waals surface area contributed by atoms with E-state index in [0.29, 0.717) is 5.56 Å². The van der Waals surface area contributed by atoms with E-state index < -0.39 is 5.60 Å². The summed E-state index contributed by atoms with van der Waals surface area (Å²) in [6.45, 7) is 1.83. The number of likely N-dealkylation sites (tertiary alicyclic amines) is 1. The number of aromatic nitrogens is 1. The summed E-state index contributed by atoms with van der Waals surface area (Å²) in [5, 5.41) is 12.0. The summed E-state index contributed by atoms with van der Waals surface area (Å²) in [6.07, 6.45) is 5.33. The fraction of sp³-hybridized carbons (Fsp3) is 0.450. The minimum absolute atomic E-state index is 0.0172. The third-order valence-electron chi connectivity index (χ3n) is 5.61. The Balaban J connectivity index is 1.94. The Morgan fingerprint density at radius 3 is 2.92 bits per heavy atom. The lowest BCUT2D eigenvalue weighted by molar-refractivity contribution is -0.0191. The molecular weight excluding hydrogens is 303 g/mol. The highest BCUT2D eigenvalue weighted by Gasteiger charge is 2.46. The molecule has 0 bridgehead atoms. The monoisotopic (exact) mass is 326 g/mol. The standard InChI is InChI=1S/C20H23FN2O/c1-23-11-3-5-16(13-23)20(24)18-12-17(21)9-8-14(18)6-7-15-4-2-10-22-19(15)20/h2,4,8-10,12,16,24H,3,5-7,11,13H2,1H3. The average Bonchev–Trinajstić information content (AvgIpc) is 2.71. The van der Waals surface area contributed by atoms with Gasteiger partial charge in [-0.05, 0) is 74.2 Å². The molecule has 0 amide bonds. The van der Waals surface area contributed by atoms with E-state index >= 15 is 0 Å².